The van der Waals surface area contributed by atoms with Crippen molar-refractivity contribution < 1.29 is 19.4 Å². The van der Waals surface area contributed by atoms with Gasteiger partial charge in [-0.1, -0.05) is 19.4 Å². The number of carbonyl (C=O) groups is 2. The normalized spacial score (nSPS) is 11.5. The van der Waals surface area contributed by atoms with Crippen LogP contribution in [0.2, 0.25) is 0 Å². The van der Waals surface area contributed by atoms with Gasteiger partial charge in [0, 0.05) is 31.8 Å². The molecule has 1 atom stereocenters. The third-order valence-corrected chi connectivity index (χ3v) is 3.05. The monoisotopic (exact) mass is 295 g/mol. The van der Waals surface area contributed by atoms with Gasteiger partial charge in [0.25, 0.3) is 0 Å². The zero-order valence-electron chi connectivity index (χ0n) is 12.3. The Hall–Kier alpha value is -2.31. The van der Waals surface area contributed by atoms with Crippen molar-refractivity contribution in [3.8, 4) is 5.88 Å². The smallest absolute Gasteiger partial charge is 0.315 e. The molecule has 0 saturated heterocycles. The van der Waals surface area contributed by atoms with Crippen LogP contribution in [0.15, 0.2) is 18.3 Å². The van der Waals surface area contributed by atoms with Crippen molar-refractivity contribution >= 4 is 12.0 Å². The van der Waals surface area contributed by atoms with Gasteiger partial charge < -0.3 is 20.5 Å². The highest BCUT2D eigenvalue weighted by atomic mass is 16.5. The summed E-state index contributed by atoms with van der Waals surface area (Å²) in [6, 6.07) is 3.20. The lowest BCUT2D eigenvalue weighted by Crippen LogP contribution is -2.38. The van der Waals surface area contributed by atoms with Gasteiger partial charge in [-0.3, -0.25) is 4.79 Å². The van der Waals surface area contributed by atoms with Crippen molar-refractivity contribution in [3.05, 3.63) is 23.9 Å². The molecule has 1 rings (SSSR count). The van der Waals surface area contributed by atoms with Gasteiger partial charge in [-0.25, -0.2) is 9.78 Å². The summed E-state index contributed by atoms with van der Waals surface area (Å²) in [6.07, 6.45) is 2.38. The van der Waals surface area contributed by atoms with Crippen LogP contribution < -0.4 is 15.4 Å². The van der Waals surface area contributed by atoms with E-state index >= 15 is 0 Å². The molecule has 1 unspecified atom stereocenters. The first kappa shape index (κ1) is 16.7. The van der Waals surface area contributed by atoms with Crippen LogP contribution in [-0.2, 0) is 11.3 Å². The number of carboxylic acid groups (broad SMARTS) is 1. The predicted octanol–water partition coefficient (Wildman–Crippen LogP) is 1.39. The van der Waals surface area contributed by atoms with Crippen LogP contribution in [0.4, 0.5) is 4.79 Å². The number of methoxy groups -OCH3 is 1. The lowest BCUT2D eigenvalue weighted by molar-refractivity contribution is -0.138. The average Bonchev–Trinajstić information content (AvgIpc) is 2.49. The Kier molecular flexibility index (Phi) is 7.00. The second kappa shape index (κ2) is 8.78. The van der Waals surface area contributed by atoms with Gasteiger partial charge >= 0.3 is 12.0 Å². The number of amides is 2. The Morgan fingerprint density at radius 3 is 2.67 bits per heavy atom. The van der Waals surface area contributed by atoms with Crippen molar-refractivity contribution in [1.29, 1.82) is 0 Å². The molecule has 0 aliphatic rings. The van der Waals surface area contributed by atoms with E-state index in [1.54, 1.807) is 12.3 Å². The summed E-state index contributed by atoms with van der Waals surface area (Å²) in [6.45, 7) is 2.59. The standard InChI is InChI=1S/C14H21N3O4/c1-3-10(6-13(18)19)7-16-14(20)17-9-11-4-5-12(21-2)15-8-11/h4-5,8,10H,3,6-7,9H2,1-2H3,(H,18,19)(H2,16,17,20). The van der Waals surface area contributed by atoms with Crippen LogP contribution in [-0.4, -0.2) is 35.7 Å². The molecule has 0 radical (unpaired) electrons. The van der Waals surface area contributed by atoms with Crippen LogP contribution in [0.1, 0.15) is 25.3 Å². The molecule has 1 aromatic rings. The van der Waals surface area contributed by atoms with Crippen LogP contribution in [0.3, 0.4) is 0 Å². The molecule has 0 fully saturated rings. The zero-order valence-corrected chi connectivity index (χ0v) is 12.3. The zero-order chi connectivity index (χ0) is 15.7. The summed E-state index contributed by atoms with van der Waals surface area (Å²) in [5.74, 6) is -0.396. The fourth-order valence-corrected chi connectivity index (χ4v) is 1.73. The number of nitrogens with zero attached hydrogens (tertiary/aromatic N) is 1. The molecule has 3 N–H and O–H groups in total. The van der Waals surface area contributed by atoms with E-state index in [4.69, 9.17) is 9.84 Å². The maximum Gasteiger partial charge on any atom is 0.315 e. The number of nitrogens with one attached hydrogen (secondary N) is 2. The van der Waals surface area contributed by atoms with Crippen molar-refractivity contribution in [2.75, 3.05) is 13.7 Å². The summed E-state index contributed by atoms with van der Waals surface area (Å²) < 4.78 is 4.94. The molecule has 0 spiro atoms. The molecule has 7 nitrogen and oxygen atoms in total. The summed E-state index contributed by atoms with van der Waals surface area (Å²) >= 11 is 0. The van der Waals surface area contributed by atoms with Gasteiger partial charge in [-0.05, 0) is 11.5 Å². The fourth-order valence-electron chi connectivity index (χ4n) is 1.73. The highest BCUT2D eigenvalue weighted by Gasteiger charge is 2.12. The molecule has 116 valence electrons. The molecule has 1 heterocycles. The van der Waals surface area contributed by atoms with Crippen molar-refractivity contribution in [3.63, 3.8) is 0 Å². The van der Waals surface area contributed by atoms with E-state index in [0.717, 1.165) is 5.56 Å². The lowest BCUT2D eigenvalue weighted by Gasteiger charge is -2.14. The number of pyridine rings is 1. The predicted molar refractivity (Wildman–Crippen MR) is 77.1 cm³/mol. The first-order valence-electron chi connectivity index (χ1n) is 6.77. The molecule has 1 aromatic heterocycles. The van der Waals surface area contributed by atoms with E-state index in [1.807, 2.05) is 13.0 Å². The highest BCUT2D eigenvalue weighted by molar-refractivity contribution is 5.74. The van der Waals surface area contributed by atoms with Crippen molar-refractivity contribution in [1.82, 2.24) is 15.6 Å². The van der Waals surface area contributed by atoms with E-state index in [0.29, 0.717) is 25.4 Å². The minimum Gasteiger partial charge on any atom is -0.481 e. The Morgan fingerprint density at radius 2 is 2.14 bits per heavy atom. The van der Waals surface area contributed by atoms with Gasteiger partial charge in [-0.15, -0.1) is 0 Å². The molecule has 0 aliphatic carbocycles. The van der Waals surface area contributed by atoms with Crippen LogP contribution in [0, 0.1) is 5.92 Å². The quantitative estimate of drug-likeness (QED) is 0.673. The minimum absolute atomic E-state index is 0.0547. The van der Waals surface area contributed by atoms with E-state index in [2.05, 4.69) is 15.6 Å². The molecule has 0 aliphatic heterocycles. The maximum absolute atomic E-state index is 11.6. The molecule has 7 heteroatoms. The van der Waals surface area contributed by atoms with Crippen LogP contribution in [0.5, 0.6) is 5.88 Å². The Morgan fingerprint density at radius 1 is 1.38 bits per heavy atom. The van der Waals surface area contributed by atoms with Crippen molar-refractivity contribution in [2.45, 2.75) is 26.3 Å². The molecule has 0 bridgehead atoms. The average molecular weight is 295 g/mol. The summed E-state index contributed by atoms with van der Waals surface area (Å²) in [5.41, 5.74) is 0.850. The minimum atomic E-state index is -0.853. The Labute approximate surface area is 123 Å². The fraction of sp³-hybridized carbons (Fsp3) is 0.500. The molecule has 0 aromatic carbocycles. The third-order valence-electron chi connectivity index (χ3n) is 3.05. The van der Waals surface area contributed by atoms with Crippen LogP contribution >= 0.6 is 0 Å². The van der Waals surface area contributed by atoms with E-state index in [1.165, 1.54) is 7.11 Å². The van der Waals surface area contributed by atoms with Crippen molar-refractivity contribution in [2.24, 2.45) is 5.92 Å². The SMILES string of the molecule is CCC(CNC(=O)NCc1ccc(OC)nc1)CC(=O)O. The number of ether oxygens (including phenoxy) is 1. The van der Waals surface area contributed by atoms with E-state index in [9.17, 15) is 9.59 Å². The molecule has 0 saturated carbocycles. The second-order valence-corrected chi connectivity index (χ2v) is 4.64. The number of urea groups is 1. The first-order chi connectivity index (χ1) is 10.0. The number of hydrogen-bond donors (Lipinski definition) is 3. The molecule has 21 heavy (non-hydrogen) atoms. The largest absolute Gasteiger partial charge is 0.481 e. The topological polar surface area (TPSA) is 101 Å². The number of hydrogen-bond acceptors (Lipinski definition) is 4. The third kappa shape index (κ3) is 6.60. The number of aliphatic carboxylic acids is 1. The van der Waals surface area contributed by atoms with Gasteiger partial charge in [-0.2, -0.15) is 0 Å². The van der Waals surface area contributed by atoms with Gasteiger partial charge in [0.2, 0.25) is 5.88 Å². The van der Waals surface area contributed by atoms with Gasteiger partial charge in [0.15, 0.2) is 0 Å². The summed E-state index contributed by atoms with van der Waals surface area (Å²) in [7, 11) is 1.54. The lowest BCUT2D eigenvalue weighted by atomic mass is 10.0. The summed E-state index contributed by atoms with van der Waals surface area (Å²) in [5, 5.41) is 14.1. The van der Waals surface area contributed by atoms with Gasteiger partial charge in [0.1, 0.15) is 0 Å². The molecule has 2 amide bonds. The molecular weight excluding hydrogens is 274 g/mol. The molecular formula is C14H21N3O4. The first-order valence-corrected chi connectivity index (χ1v) is 6.77. The van der Waals surface area contributed by atoms with Crippen LogP contribution in [0.25, 0.3) is 0 Å². The van der Waals surface area contributed by atoms with Gasteiger partial charge in [0.05, 0.1) is 7.11 Å². The van der Waals surface area contributed by atoms with E-state index in [-0.39, 0.29) is 18.4 Å². The summed E-state index contributed by atoms with van der Waals surface area (Å²) in [4.78, 5) is 26.3. The van der Waals surface area contributed by atoms with E-state index < -0.39 is 5.97 Å². The number of carbonyl (C=O) groups excluding carboxylic acids is 1. The highest BCUT2D eigenvalue weighted by Crippen LogP contribution is 2.07. The second-order valence-electron chi connectivity index (χ2n) is 4.64. The number of carboxylic acids is 1. The Balaban J connectivity index is 2.31. The Bertz CT molecular complexity index is 462. The maximum atomic E-state index is 11.6. The number of rotatable bonds is 8. The number of aromatic nitrogens is 1.